The van der Waals surface area contributed by atoms with Crippen LogP contribution in [0.4, 0.5) is 0 Å². The summed E-state index contributed by atoms with van der Waals surface area (Å²) in [5.41, 5.74) is 6.74. The molecule has 0 radical (unpaired) electrons. The topological polar surface area (TPSA) is 61.4 Å². The normalized spacial score (nSPS) is 25.2. The molecule has 2 saturated heterocycles. The number of Topliss-reactive ketones (excluding diaryl/α,β-unsaturated/α-hetero) is 1. The van der Waals surface area contributed by atoms with Crippen molar-refractivity contribution in [1.29, 1.82) is 0 Å². The quantitative estimate of drug-likeness (QED) is 0.815. The van der Waals surface area contributed by atoms with Crippen molar-refractivity contribution in [3.8, 4) is 0 Å². The summed E-state index contributed by atoms with van der Waals surface area (Å²) in [5.74, 6) is 0.251. The van der Waals surface area contributed by atoms with E-state index in [-0.39, 0.29) is 23.8 Å². The molecule has 0 aliphatic carbocycles. The van der Waals surface area contributed by atoms with Gasteiger partial charge in [0.1, 0.15) is 6.04 Å². The molecule has 112 valence electrons. The molecule has 2 heterocycles. The van der Waals surface area contributed by atoms with Crippen LogP contribution in [0.1, 0.15) is 36.0 Å². The van der Waals surface area contributed by atoms with Crippen LogP contribution >= 0.6 is 0 Å². The highest BCUT2D eigenvalue weighted by molar-refractivity contribution is 5.96. The summed E-state index contributed by atoms with van der Waals surface area (Å²) in [7, 11) is 0. The summed E-state index contributed by atoms with van der Waals surface area (Å²) in [6.45, 7) is 1.58. The zero-order valence-corrected chi connectivity index (χ0v) is 12.0. The maximum atomic E-state index is 12.5. The molecular weight excluding hydrogens is 266 g/mol. The average molecular weight is 287 g/mol. The fraction of sp³-hybridized carbons (Fsp3) is 0.500. The number of nitrogens with one attached hydrogen (secondary N) is 2. The molecule has 1 amide bonds. The smallest absolute Gasteiger partial charge is 0.241 e. The lowest BCUT2D eigenvalue weighted by molar-refractivity contribution is -0.133. The van der Waals surface area contributed by atoms with Crippen molar-refractivity contribution in [2.75, 3.05) is 13.1 Å². The van der Waals surface area contributed by atoms with E-state index >= 15 is 0 Å². The number of hydrogen-bond acceptors (Lipinski definition) is 4. The van der Waals surface area contributed by atoms with E-state index in [1.807, 2.05) is 35.2 Å². The van der Waals surface area contributed by atoms with Crippen molar-refractivity contribution in [3.63, 3.8) is 0 Å². The van der Waals surface area contributed by atoms with Crippen molar-refractivity contribution in [1.82, 2.24) is 15.8 Å². The maximum Gasteiger partial charge on any atom is 0.241 e. The van der Waals surface area contributed by atoms with Gasteiger partial charge in [0.15, 0.2) is 5.78 Å². The van der Waals surface area contributed by atoms with Crippen molar-refractivity contribution >= 4 is 11.7 Å². The Morgan fingerprint density at radius 2 is 2.00 bits per heavy atom. The van der Waals surface area contributed by atoms with Gasteiger partial charge >= 0.3 is 0 Å². The third kappa shape index (κ3) is 3.14. The summed E-state index contributed by atoms with van der Waals surface area (Å²) >= 11 is 0. The predicted octanol–water partition coefficient (Wildman–Crippen LogP) is 1.12. The van der Waals surface area contributed by atoms with Gasteiger partial charge in [-0.05, 0) is 19.3 Å². The molecule has 2 aliphatic rings. The first kappa shape index (κ1) is 14.2. The third-order valence-electron chi connectivity index (χ3n) is 4.31. The van der Waals surface area contributed by atoms with Gasteiger partial charge in [-0.25, -0.2) is 5.43 Å². The summed E-state index contributed by atoms with van der Waals surface area (Å²) < 4.78 is 0. The lowest BCUT2D eigenvalue weighted by Crippen LogP contribution is -2.47. The number of likely N-dealkylation sites (tertiary alicyclic amines) is 1. The van der Waals surface area contributed by atoms with Gasteiger partial charge < -0.3 is 4.90 Å². The lowest BCUT2D eigenvalue weighted by atomic mass is 10.0. The molecule has 21 heavy (non-hydrogen) atoms. The SMILES string of the molecule is O=C(CC1CCCN1C(=O)C1CCNN1)c1ccccc1. The van der Waals surface area contributed by atoms with E-state index in [1.165, 1.54) is 0 Å². The third-order valence-corrected chi connectivity index (χ3v) is 4.31. The number of rotatable bonds is 4. The van der Waals surface area contributed by atoms with Gasteiger partial charge in [0, 0.05) is 31.1 Å². The van der Waals surface area contributed by atoms with Crippen molar-refractivity contribution in [2.24, 2.45) is 0 Å². The number of ketones is 1. The second kappa shape index (κ2) is 6.37. The van der Waals surface area contributed by atoms with Gasteiger partial charge in [-0.3, -0.25) is 15.0 Å². The van der Waals surface area contributed by atoms with Crippen molar-refractivity contribution in [2.45, 2.75) is 37.8 Å². The first-order chi connectivity index (χ1) is 10.3. The van der Waals surface area contributed by atoms with E-state index in [9.17, 15) is 9.59 Å². The standard InChI is InChI=1S/C16H21N3O2/c20-15(12-5-2-1-3-6-12)11-13-7-4-10-19(13)16(21)14-8-9-17-18-14/h1-3,5-6,13-14,17-18H,4,7-11H2. The van der Waals surface area contributed by atoms with E-state index in [1.54, 1.807) is 0 Å². The first-order valence-corrected chi connectivity index (χ1v) is 7.63. The largest absolute Gasteiger partial charge is 0.338 e. The molecule has 5 nitrogen and oxygen atoms in total. The zero-order valence-electron chi connectivity index (χ0n) is 12.0. The van der Waals surface area contributed by atoms with E-state index in [4.69, 9.17) is 0 Å². The molecule has 0 spiro atoms. The summed E-state index contributed by atoms with van der Waals surface area (Å²) in [6, 6.07) is 9.24. The number of carbonyl (C=O) groups is 2. The molecule has 2 atom stereocenters. The van der Waals surface area contributed by atoms with E-state index in [0.29, 0.717) is 6.42 Å². The van der Waals surface area contributed by atoms with Crippen LogP contribution in [0.2, 0.25) is 0 Å². The van der Waals surface area contributed by atoms with Crippen LogP contribution in [-0.2, 0) is 4.79 Å². The molecule has 2 aliphatic heterocycles. The minimum atomic E-state index is -0.141. The minimum absolute atomic E-state index is 0.0487. The van der Waals surface area contributed by atoms with E-state index < -0.39 is 0 Å². The van der Waals surface area contributed by atoms with Gasteiger partial charge in [0.05, 0.1) is 0 Å². The highest BCUT2D eigenvalue weighted by Gasteiger charge is 2.35. The first-order valence-electron chi connectivity index (χ1n) is 7.63. The molecule has 2 fully saturated rings. The van der Waals surface area contributed by atoms with Crippen LogP contribution < -0.4 is 10.9 Å². The average Bonchev–Trinajstić information content (AvgIpc) is 3.19. The zero-order chi connectivity index (χ0) is 14.7. The van der Waals surface area contributed by atoms with Gasteiger partial charge in [0.25, 0.3) is 0 Å². The Morgan fingerprint density at radius 1 is 1.19 bits per heavy atom. The molecule has 2 N–H and O–H groups in total. The number of hydrogen-bond donors (Lipinski definition) is 2. The highest BCUT2D eigenvalue weighted by atomic mass is 16.2. The number of amides is 1. The predicted molar refractivity (Wildman–Crippen MR) is 79.7 cm³/mol. The van der Waals surface area contributed by atoms with Crippen LogP contribution in [0, 0.1) is 0 Å². The van der Waals surface area contributed by atoms with Gasteiger partial charge in [-0.15, -0.1) is 0 Å². The second-order valence-electron chi connectivity index (χ2n) is 5.73. The molecular formula is C16H21N3O2. The fourth-order valence-electron chi connectivity index (χ4n) is 3.16. The van der Waals surface area contributed by atoms with Crippen molar-refractivity contribution in [3.05, 3.63) is 35.9 Å². The Morgan fingerprint density at radius 3 is 2.71 bits per heavy atom. The van der Waals surface area contributed by atoms with Gasteiger partial charge in [-0.2, -0.15) is 0 Å². The number of carbonyl (C=O) groups excluding carboxylic acids is 2. The minimum Gasteiger partial charge on any atom is -0.338 e. The van der Waals surface area contributed by atoms with Crippen molar-refractivity contribution < 1.29 is 9.59 Å². The molecule has 0 saturated carbocycles. The maximum absolute atomic E-state index is 12.5. The van der Waals surface area contributed by atoms with E-state index in [2.05, 4.69) is 10.9 Å². The van der Waals surface area contributed by atoms with Gasteiger partial charge in [-0.1, -0.05) is 30.3 Å². The van der Waals surface area contributed by atoms with Crippen LogP contribution in [-0.4, -0.2) is 41.8 Å². The Kier molecular flexibility index (Phi) is 4.31. The molecule has 1 aromatic rings. The lowest BCUT2D eigenvalue weighted by Gasteiger charge is -2.26. The summed E-state index contributed by atoms with van der Waals surface area (Å²) in [4.78, 5) is 26.7. The van der Waals surface area contributed by atoms with E-state index in [0.717, 1.165) is 37.9 Å². The monoisotopic (exact) mass is 287 g/mol. The molecule has 0 aromatic heterocycles. The molecule has 2 unspecified atom stereocenters. The Bertz CT molecular complexity index is 512. The van der Waals surface area contributed by atoms with Gasteiger partial charge in [0.2, 0.25) is 5.91 Å². The summed E-state index contributed by atoms with van der Waals surface area (Å²) in [6.07, 6.45) is 3.15. The highest BCUT2D eigenvalue weighted by Crippen LogP contribution is 2.23. The molecule has 0 bridgehead atoms. The molecule has 3 rings (SSSR count). The number of hydrazine groups is 1. The Hall–Kier alpha value is -1.72. The second-order valence-corrected chi connectivity index (χ2v) is 5.73. The van der Waals surface area contributed by atoms with Crippen LogP contribution in [0.3, 0.4) is 0 Å². The number of nitrogens with zero attached hydrogens (tertiary/aromatic N) is 1. The number of benzene rings is 1. The molecule has 1 aromatic carbocycles. The fourth-order valence-corrected chi connectivity index (χ4v) is 3.16. The summed E-state index contributed by atoms with van der Waals surface area (Å²) in [5, 5.41) is 0. The van der Waals surface area contributed by atoms with Crippen LogP contribution in [0.5, 0.6) is 0 Å². The Labute approximate surface area is 124 Å². The van der Waals surface area contributed by atoms with Crippen LogP contribution in [0.25, 0.3) is 0 Å². The van der Waals surface area contributed by atoms with Crippen LogP contribution in [0.15, 0.2) is 30.3 Å². The Balaban J connectivity index is 1.64. The molecule has 5 heteroatoms.